The minimum absolute atomic E-state index is 0.0387. The predicted molar refractivity (Wildman–Crippen MR) is 58.3 cm³/mol. The number of amides is 2. The van der Waals surface area contributed by atoms with Crippen LogP contribution in [0, 0.1) is 5.92 Å². The number of piperidine rings is 1. The van der Waals surface area contributed by atoms with E-state index in [2.05, 4.69) is 12.2 Å². The zero-order valence-corrected chi connectivity index (χ0v) is 9.75. The fourth-order valence-corrected chi connectivity index (χ4v) is 2.03. The molecule has 1 saturated heterocycles. The SMILES string of the molecule is CC(=O)NC(C)C(=O)N1CCCC(C)C1. The molecule has 2 unspecified atom stereocenters. The summed E-state index contributed by atoms with van der Waals surface area (Å²) < 4.78 is 0. The number of carbonyl (C=O) groups is 2. The Hall–Kier alpha value is -1.06. The van der Waals surface area contributed by atoms with E-state index >= 15 is 0 Å². The number of carbonyl (C=O) groups excluding carboxylic acids is 2. The highest BCUT2D eigenvalue weighted by atomic mass is 16.2. The molecule has 15 heavy (non-hydrogen) atoms. The third-order valence-corrected chi connectivity index (χ3v) is 2.76. The van der Waals surface area contributed by atoms with Gasteiger partial charge in [-0.25, -0.2) is 0 Å². The van der Waals surface area contributed by atoms with Crippen molar-refractivity contribution in [3.63, 3.8) is 0 Å². The number of likely N-dealkylation sites (tertiary alicyclic amines) is 1. The zero-order chi connectivity index (χ0) is 11.4. The van der Waals surface area contributed by atoms with Crippen LogP contribution in [0.4, 0.5) is 0 Å². The third-order valence-electron chi connectivity index (χ3n) is 2.76. The van der Waals surface area contributed by atoms with Crippen molar-refractivity contribution in [2.24, 2.45) is 5.92 Å². The molecule has 0 saturated carbocycles. The standard InChI is InChI=1S/C11H20N2O2/c1-8-5-4-6-13(7-8)11(15)9(2)12-10(3)14/h8-9H,4-7H2,1-3H3,(H,12,14). The average Bonchev–Trinajstić information content (AvgIpc) is 2.15. The highest BCUT2D eigenvalue weighted by molar-refractivity contribution is 5.86. The van der Waals surface area contributed by atoms with Crippen LogP contribution in [0.2, 0.25) is 0 Å². The van der Waals surface area contributed by atoms with Gasteiger partial charge in [0.25, 0.3) is 0 Å². The predicted octanol–water partition coefficient (Wildman–Crippen LogP) is 0.769. The second-order valence-electron chi connectivity index (χ2n) is 4.45. The lowest BCUT2D eigenvalue weighted by Crippen LogP contribution is -2.49. The van der Waals surface area contributed by atoms with E-state index < -0.39 is 6.04 Å². The van der Waals surface area contributed by atoms with Crippen molar-refractivity contribution < 1.29 is 9.59 Å². The summed E-state index contributed by atoms with van der Waals surface area (Å²) in [6.07, 6.45) is 2.26. The maximum Gasteiger partial charge on any atom is 0.244 e. The van der Waals surface area contributed by atoms with Crippen LogP contribution in [0.25, 0.3) is 0 Å². The van der Waals surface area contributed by atoms with Gasteiger partial charge in [-0.3, -0.25) is 9.59 Å². The van der Waals surface area contributed by atoms with E-state index in [-0.39, 0.29) is 11.8 Å². The molecule has 2 amide bonds. The van der Waals surface area contributed by atoms with E-state index in [4.69, 9.17) is 0 Å². The average molecular weight is 212 g/mol. The smallest absolute Gasteiger partial charge is 0.244 e. The quantitative estimate of drug-likeness (QED) is 0.735. The molecule has 0 spiro atoms. The van der Waals surface area contributed by atoms with Crippen molar-refractivity contribution in [3.05, 3.63) is 0 Å². The van der Waals surface area contributed by atoms with E-state index in [0.717, 1.165) is 19.5 Å². The number of nitrogens with zero attached hydrogens (tertiary/aromatic N) is 1. The van der Waals surface area contributed by atoms with Crippen molar-refractivity contribution in [3.8, 4) is 0 Å². The van der Waals surface area contributed by atoms with Crippen LogP contribution in [0.5, 0.6) is 0 Å². The summed E-state index contributed by atoms with van der Waals surface area (Å²) in [7, 11) is 0. The third kappa shape index (κ3) is 3.53. The molecule has 0 aliphatic carbocycles. The maximum atomic E-state index is 11.9. The summed E-state index contributed by atoms with van der Waals surface area (Å²) in [5.74, 6) is 0.463. The topological polar surface area (TPSA) is 49.4 Å². The molecule has 4 heteroatoms. The van der Waals surface area contributed by atoms with Crippen molar-refractivity contribution in [2.45, 2.75) is 39.7 Å². The van der Waals surface area contributed by atoms with Gasteiger partial charge in [-0.15, -0.1) is 0 Å². The highest BCUT2D eigenvalue weighted by Crippen LogP contribution is 2.15. The van der Waals surface area contributed by atoms with Gasteiger partial charge in [0.1, 0.15) is 6.04 Å². The van der Waals surface area contributed by atoms with E-state index in [1.54, 1.807) is 6.92 Å². The Bertz CT molecular complexity index is 253. The van der Waals surface area contributed by atoms with Crippen molar-refractivity contribution in [1.29, 1.82) is 0 Å². The first-order valence-corrected chi connectivity index (χ1v) is 5.56. The Morgan fingerprint density at radius 1 is 1.47 bits per heavy atom. The normalized spacial score (nSPS) is 23.4. The van der Waals surface area contributed by atoms with Crippen molar-refractivity contribution in [2.75, 3.05) is 13.1 Å². The second-order valence-corrected chi connectivity index (χ2v) is 4.45. The Morgan fingerprint density at radius 3 is 2.67 bits per heavy atom. The largest absolute Gasteiger partial charge is 0.345 e. The van der Waals surface area contributed by atoms with Gasteiger partial charge in [0, 0.05) is 20.0 Å². The molecule has 1 N–H and O–H groups in total. The molecule has 1 rings (SSSR count). The molecule has 1 aliphatic rings. The molecule has 0 aromatic carbocycles. The molecular weight excluding hydrogens is 192 g/mol. The molecule has 0 aromatic heterocycles. The van der Waals surface area contributed by atoms with Gasteiger partial charge in [0.2, 0.25) is 11.8 Å². The lowest BCUT2D eigenvalue weighted by molar-refractivity contribution is -0.137. The minimum atomic E-state index is -0.396. The van der Waals surface area contributed by atoms with Crippen LogP contribution in [0.15, 0.2) is 0 Å². The van der Waals surface area contributed by atoms with Gasteiger partial charge >= 0.3 is 0 Å². The van der Waals surface area contributed by atoms with Crippen LogP contribution in [0.3, 0.4) is 0 Å². The molecule has 1 heterocycles. The molecule has 0 aromatic rings. The molecule has 4 nitrogen and oxygen atoms in total. The molecule has 1 fully saturated rings. The molecule has 1 aliphatic heterocycles. The first kappa shape index (κ1) is 12.0. The van der Waals surface area contributed by atoms with Crippen LogP contribution in [-0.2, 0) is 9.59 Å². The van der Waals surface area contributed by atoms with Gasteiger partial charge in [-0.05, 0) is 25.7 Å². The molecule has 2 atom stereocenters. The van der Waals surface area contributed by atoms with E-state index in [1.807, 2.05) is 4.90 Å². The fourth-order valence-electron chi connectivity index (χ4n) is 2.03. The molecule has 0 radical (unpaired) electrons. The van der Waals surface area contributed by atoms with Crippen LogP contribution >= 0.6 is 0 Å². The minimum Gasteiger partial charge on any atom is -0.345 e. The van der Waals surface area contributed by atoms with Crippen LogP contribution in [-0.4, -0.2) is 35.8 Å². The lowest BCUT2D eigenvalue weighted by Gasteiger charge is -2.32. The number of nitrogens with one attached hydrogen (secondary N) is 1. The van der Waals surface area contributed by atoms with Crippen LogP contribution < -0.4 is 5.32 Å². The van der Waals surface area contributed by atoms with E-state index in [9.17, 15) is 9.59 Å². The molecule has 86 valence electrons. The molecule has 0 bridgehead atoms. The Kier molecular flexibility index (Phi) is 4.12. The van der Waals surface area contributed by atoms with Gasteiger partial charge in [0.05, 0.1) is 0 Å². The maximum absolute atomic E-state index is 11.9. The number of hydrogen-bond acceptors (Lipinski definition) is 2. The Labute approximate surface area is 91.0 Å². The van der Waals surface area contributed by atoms with Gasteiger partial charge in [0.15, 0.2) is 0 Å². The summed E-state index contributed by atoms with van der Waals surface area (Å²) in [4.78, 5) is 24.6. The summed E-state index contributed by atoms with van der Waals surface area (Å²) >= 11 is 0. The van der Waals surface area contributed by atoms with Gasteiger partial charge in [-0.1, -0.05) is 6.92 Å². The first-order chi connectivity index (χ1) is 7.00. The second kappa shape index (κ2) is 5.14. The lowest BCUT2D eigenvalue weighted by atomic mass is 10.00. The summed E-state index contributed by atoms with van der Waals surface area (Å²) in [6.45, 7) is 6.98. The Morgan fingerprint density at radius 2 is 2.13 bits per heavy atom. The summed E-state index contributed by atoms with van der Waals surface area (Å²) in [5.41, 5.74) is 0. The highest BCUT2D eigenvalue weighted by Gasteiger charge is 2.24. The summed E-state index contributed by atoms with van der Waals surface area (Å²) in [6, 6.07) is -0.396. The monoisotopic (exact) mass is 212 g/mol. The number of hydrogen-bond donors (Lipinski definition) is 1. The number of rotatable bonds is 2. The Balaban J connectivity index is 2.47. The van der Waals surface area contributed by atoms with Crippen molar-refractivity contribution >= 4 is 11.8 Å². The van der Waals surface area contributed by atoms with Crippen LogP contribution in [0.1, 0.15) is 33.6 Å². The first-order valence-electron chi connectivity index (χ1n) is 5.56. The summed E-state index contributed by atoms with van der Waals surface area (Å²) in [5, 5.41) is 2.62. The fraction of sp³-hybridized carbons (Fsp3) is 0.818. The van der Waals surface area contributed by atoms with Gasteiger partial charge < -0.3 is 10.2 Å². The van der Waals surface area contributed by atoms with E-state index in [1.165, 1.54) is 13.3 Å². The molecular formula is C11H20N2O2. The zero-order valence-electron chi connectivity index (χ0n) is 9.75. The van der Waals surface area contributed by atoms with Crippen molar-refractivity contribution in [1.82, 2.24) is 10.2 Å². The van der Waals surface area contributed by atoms with E-state index in [0.29, 0.717) is 5.92 Å². The van der Waals surface area contributed by atoms with Gasteiger partial charge in [-0.2, -0.15) is 0 Å².